The van der Waals surface area contributed by atoms with Gasteiger partial charge in [0.15, 0.2) is 0 Å². The molecule has 0 radical (unpaired) electrons. The fourth-order valence-electron chi connectivity index (χ4n) is 5.38. The number of ketones is 1. The van der Waals surface area contributed by atoms with Crippen LogP contribution in [0.15, 0.2) is 53.8 Å². The van der Waals surface area contributed by atoms with Crippen LogP contribution in [0.1, 0.15) is 56.3 Å². The smallest absolute Gasteiger partial charge is 0.149 e. The molecule has 2 bridgehead atoms. The largest absolute Gasteiger partial charge is 0.298 e. The zero-order valence-electron chi connectivity index (χ0n) is 15.9. The standard InChI is InChI=1S/C22H22F2N2O2/c1-21-12-3-13-22(2,20(21)27)19(15-6-10-17(24)11-7-15)26(25-28)18(21)14-4-8-16(23)9-5-14/h4-11,18-19H,3,12-13H2,1-2H3/t18?,19?,21-,22+. The minimum atomic E-state index is -0.810. The van der Waals surface area contributed by atoms with Crippen LogP contribution >= 0.6 is 0 Å². The first-order valence-electron chi connectivity index (χ1n) is 9.49. The average Bonchev–Trinajstić information content (AvgIpc) is 2.67. The maximum Gasteiger partial charge on any atom is 0.149 e. The Morgan fingerprint density at radius 1 is 0.857 bits per heavy atom. The summed E-state index contributed by atoms with van der Waals surface area (Å²) in [6.45, 7) is 3.75. The van der Waals surface area contributed by atoms with Crippen LogP contribution in [0.3, 0.4) is 0 Å². The second kappa shape index (κ2) is 6.47. The van der Waals surface area contributed by atoms with E-state index in [2.05, 4.69) is 5.29 Å². The molecule has 6 heteroatoms. The third kappa shape index (κ3) is 2.58. The first kappa shape index (κ1) is 18.7. The van der Waals surface area contributed by atoms with Crippen molar-refractivity contribution in [1.29, 1.82) is 0 Å². The lowest BCUT2D eigenvalue weighted by atomic mass is 9.52. The summed E-state index contributed by atoms with van der Waals surface area (Å²) in [7, 11) is 0. The number of piperidine rings is 1. The lowest BCUT2D eigenvalue weighted by Gasteiger charge is -2.59. The van der Waals surface area contributed by atoms with Gasteiger partial charge in [-0.05, 0) is 48.2 Å². The molecule has 0 N–H and O–H groups in total. The molecule has 0 amide bonds. The van der Waals surface area contributed by atoms with Crippen molar-refractivity contribution in [2.24, 2.45) is 16.1 Å². The number of rotatable bonds is 3. The second-order valence-corrected chi connectivity index (χ2v) is 8.39. The molecule has 0 spiro atoms. The minimum Gasteiger partial charge on any atom is -0.298 e. The zero-order valence-corrected chi connectivity index (χ0v) is 15.9. The van der Waals surface area contributed by atoms with Crippen molar-refractivity contribution in [1.82, 2.24) is 5.01 Å². The van der Waals surface area contributed by atoms with Crippen LogP contribution in [-0.4, -0.2) is 10.8 Å². The summed E-state index contributed by atoms with van der Waals surface area (Å²) >= 11 is 0. The molecule has 1 aliphatic carbocycles. The molecule has 28 heavy (non-hydrogen) atoms. The Balaban J connectivity index is 1.92. The first-order valence-corrected chi connectivity index (χ1v) is 9.49. The third-order valence-electron chi connectivity index (χ3n) is 6.63. The Morgan fingerprint density at radius 2 is 1.25 bits per heavy atom. The van der Waals surface area contributed by atoms with Crippen molar-refractivity contribution in [3.63, 3.8) is 0 Å². The number of hydrogen-bond donors (Lipinski definition) is 0. The number of Topliss-reactive ketones (excluding diaryl/α,β-unsaturated/α-hetero) is 1. The van der Waals surface area contributed by atoms with Gasteiger partial charge in [-0.15, -0.1) is 4.91 Å². The van der Waals surface area contributed by atoms with Crippen molar-refractivity contribution < 1.29 is 13.6 Å². The normalized spacial score (nSPS) is 32.3. The van der Waals surface area contributed by atoms with Crippen LogP contribution in [0.4, 0.5) is 8.78 Å². The van der Waals surface area contributed by atoms with E-state index >= 15 is 0 Å². The summed E-state index contributed by atoms with van der Waals surface area (Å²) in [6, 6.07) is 10.5. The summed E-state index contributed by atoms with van der Waals surface area (Å²) in [5.41, 5.74) is -0.273. The molecule has 2 aromatic rings. The summed E-state index contributed by atoms with van der Waals surface area (Å²) in [4.78, 5) is 25.8. The van der Waals surface area contributed by atoms with Gasteiger partial charge in [-0.3, -0.25) is 4.79 Å². The summed E-state index contributed by atoms with van der Waals surface area (Å²) in [5, 5.41) is 4.80. The maximum atomic E-state index is 13.7. The topological polar surface area (TPSA) is 49.7 Å². The van der Waals surface area contributed by atoms with Crippen molar-refractivity contribution in [3.8, 4) is 0 Å². The molecule has 4 rings (SSSR count). The Morgan fingerprint density at radius 3 is 1.61 bits per heavy atom. The molecule has 2 aromatic carbocycles. The number of halogens is 2. The lowest BCUT2D eigenvalue weighted by molar-refractivity contribution is -0.171. The predicted octanol–water partition coefficient (Wildman–Crippen LogP) is 5.51. The molecule has 146 valence electrons. The molecule has 1 heterocycles. The highest BCUT2D eigenvalue weighted by molar-refractivity contribution is 5.93. The van der Waals surface area contributed by atoms with Gasteiger partial charge in [-0.1, -0.05) is 44.5 Å². The lowest BCUT2D eigenvalue weighted by Crippen LogP contribution is -2.61. The van der Waals surface area contributed by atoms with Crippen molar-refractivity contribution in [2.75, 3.05) is 0 Å². The second-order valence-electron chi connectivity index (χ2n) is 8.39. The van der Waals surface area contributed by atoms with E-state index in [0.717, 1.165) is 6.42 Å². The molecule has 2 aliphatic rings. The van der Waals surface area contributed by atoms with E-state index in [1.54, 1.807) is 24.3 Å². The monoisotopic (exact) mass is 384 g/mol. The molecule has 4 nitrogen and oxygen atoms in total. The van der Waals surface area contributed by atoms with Crippen molar-refractivity contribution >= 4 is 5.78 Å². The molecule has 1 aliphatic heterocycles. The van der Waals surface area contributed by atoms with Gasteiger partial charge in [0, 0.05) is 0 Å². The minimum absolute atomic E-state index is 0.0785. The molecular weight excluding hydrogens is 362 g/mol. The highest BCUT2D eigenvalue weighted by Crippen LogP contribution is 2.63. The van der Waals surface area contributed by atoms with E-state index in [0.29, 0.717) is 24.0 Å². The first-order chi connectivity index (χ1) is 13.3. The highest BCUT2D eigenvalue weighted by atomic mass is 19.1. The fourth-order valence-corrected chi connectivity index (χ4v) is 5.38. The number of benzene rings is 2. The summed E-state index contributed by atoms with van der Waals surface area (Å²) in [5.74, 6) is -0.690. The molecule has 4 atom stereocenters. The van der Waals surface area contributed by atoms with Gasteiger partial charge in [-0.2, -0.15) is 0 Å². The number of carbonyl (C=O) groups is 1. The number of carbonyl (C=O) groups excluding carboxylic acids is 1. The van der Waals surface area contributed by atoms with Gasteiger partial charge in [0.25, 0.3) is 0 Å². The third-order valence-corrected chi connectivity index (χ3v) is 6.63. The molecule has 2 unspecified atom stereocenters. The van der Waals surface area contributed by atoms with E-state index in [-0.39, 0.29) is 17.4 Å². The van der Waals surface area contributed by atoms with Gasteiger partial charge in [0.2, 0.25) is 0 Å². The summed E-state index contributed by atoms with van der Waals surface area (Å²) in [6.07, 6.45) is 2.10. The molecular formula is C22H22F2N2O2. The van der Waals surface area contributed by atoms with Crippen LogP contribution in [0.2, 0.25) is 0 Å². The Hall–Kier alpha value is -2.63. The van der Waals surface area contributed by atoms with Crippen LogP contribution in [0, 0.1) is 27.4 Å². The van der Waals surface area contributed by atoms with Gasteiger partial charge in [-0.25, -0.2) is 13.8 Å². The Kier molecular flexibility index (Phi) is 4.32. The van der Waals surface area contributed by atoms with Crippen LogP contribution < -0.4 is 0 Å². The molecule has 1 saturated carbocycles. The van der Waals surface area contributed by atoms with E-state index in [9.17, 15) is 18.5 Å². The predicted molar refractivity (Wildman–Crippen MR) is 101 cm³/mol. The Bertz CT molecular complexity index is 846. The van der Waals surface area contributed by atoms with Gasteiger partial charge >= 0.3 is 0 Å². The van der Waals surface area contributed by atoms with E-state index < -0.39 is 22.9 Å². The van der Waals surface area contributed by atoms with Crippen LogP contribution in [0.5, 0.6) is 0 Å². The number of nitrogens with zero attached hydrogens (tertiary/aromatic N) is 2. The fraction of sp³-hybridized carbons (Fsp3) is 0.409. The quantitative estimate of drug-likeness (QED) is 0.656. The molecule has 2 fully saturated rings. The van der Waals surface area contributed by atoms with Gasteiger partial charge in [0.05, 0.1) is 28.2 Å². The number of nitroso groups, excluding NO2 is 1. The molecule has 0 aromatic heterocycles. The zero-order chi connectivity index (χ0) is 20.1. The van der Waals surface area contributed by atoms with E-state index in [1.165, 1.54) is 29.3 Å². The number of hydrogen-bond acceptors (Lipinski definition) is 3. The Labute approximate surface area is 162 Å². The van der Waals surface area contributed by atoms with Crippen molar-refractivity contribution in [3.05, 3.63) is 76.2 Å². The SMILES string of the molecule is C[C@]12CCC[C@](C)(C1=O)C(c1ccc(F)cc1)N(N=O)C2c1ccc(F)cc1. The van der Waals surface area contributed by atoms with Gasteiger partial charge in [0.1, 0.15) is 17.4 Å². The number of fused-ring (bicyclic) bond motifs is 2. The van der Waals surface area contributed by atoms with E-state index in [4.69, 9.17) is 0 Å². The van der Waals surface area contributed by atoms with Crippen LogP contribution in [0.25, 0.3) is 0 Å². The van der Waals surface area contributed by atoms with E-state index in [1.807, 2.05) is 13.8 Å². The maximum absolute atomic E-state index is 13.7. The summed E-state index contributed by atoms with van der Waals surface area (Å²) < 4.78 is 27.0. The van der Waals surface area contributed by atoms with Gasteiger partial charge < -0.3 is 0 Å². The average molecular weight is 384 g/mol. The highest BCUT2D eigenvalue weighted by Gasteiger charge is 2.64. The molecule has 1 saturated heterocycles. The van der Waals surface area contributed by atoms with Crippen molar-refractivity contribution in [2.45, 2.75) is 45.2 Å². The van der Waals surface area contributed by atoms with Crippen LogP contribution in [-0.2, 0) is 4.79 Å².